The minimum Gasteiger partial charge on any atom is -0.391 e. The Labute approximate surface area is 124 Å². The molecule has 1 amide bonds. The zero-order valence-electron chi connectivity index (χ0n) is 12.6. The summed E-state index contributed by atoms with van der Waals surface area (Å²) in [6.07, 6.45) is 1.12. The van der Waals surface area contributed by atoms with E-state index in [1.165, 1.54) is 0 Å². The van der Waals surface area contributed by atoms with Gasteiger partial charge in [-0.25, -0.2) is 0 Å². The molecule has 1 aromatic heterocycles. The summed E-state index contributed by atoms with van der Waals surface area (Å²) in [5, 5.41) is 19.4. The normalized spacial score (nSPS) is 13.2. The molecule has 1 rings (SSSR count). The number of aromatic nitrogens is 3. The molecular formula is C13H24N4O2S. The second kappa shape index (κ2) is 6.99. The van der Waals surface area contributed by atoms with Crippen LogP contribution in [0, 0.1) is 10.2 Å². The summed E-state index contributed by atoms with van der Waals surface area (Å²) in [5.41, 5.74) is -0.257. The van der Waals surface area contributed by atoms with E-state index in [2.05, 4.69) is 15.5 Å². The Morgan fingerprint density at radius 3 is 2.75 bits per heavy atom. The first-order valence-corrected chi connectivity index (χ1v) is 7.25. The van der Waals surface area contributed by atoms with Crippen molar-refractivity contribution in [3.05, 3.63) is 10.6 Å². The van der Waals surface area contributed by atoms with Crippen LogP contribution >= 0.6 is 12.2 Å². The molecule has 1 atom stereocenters. The molecule has 7 heteroatoms. The molecule has 0 saturated heterocycles. The van der Waals surface area contributed by atoms with Crippen molar-refractivity contribution in [3.8, 4) is 0 Å². The monoisotopic (exact) mass is 300 g/mol. The molecule has 114 valence electrons. The van der Waals surface area contributed by atoms with Crippen molar-refractivity contribution in [1.29, 1.82) is 0 Å². The summed E-state index contributed by atoms with van der Waals surface area (Å²) < 4.78 is 2.14. The van der Waals surface area contributed by atoms with E-state index in [1.807, 2.05) is 27.7 Å². The standard InChI is InChI=1S/C13H24N4O2S/c1-5-6-10-15-16-12(20)17(10)8-11(19)14-7-9(18)13(2,3)4/h9,18H,5-8H2,1-4H3,(H,14,19)(H,16,20)/t9-/m1/s1. The maximum absolute atomic E-state index is 11.9. The Bertz CT molecular complexity index is 501. The van der Waals surface area contributed by atoms with Gasteiger partial charge in [0.1, 0.15) is 12.4 Å². The molecule has 0 fully saturated rings. The Morgan fingerprint density at radius 1 is 1.55 bits per heavy atom. The van der Waals surface area contributed by atoms with E-state index in [0.717, 1.165) is 18.7 Å². The average molecular weight is 300 g/mol. The third-order valence-electron chi connectivity index (χ3n) is 3.10. The molecule has 20 heavy (non-hydrogen) atoms. The summed E-state index contributed by atoms with van der Waals surface area (Å²) in [5.74, 6) is 0.604. The highest BCUT2D eigenvalue weighted by atomic mass is 32.1. The van der Waals surface area contributed by atoms with Gasteiger partial charge in [0.15, 0.2) is 4.77 Å². The Balaban J connectivity index is 2.59. The van der Waals surface area contributed by atoms with Gasteiger partial charge in [-0.2, -0.15) is 5.10 Å². The molecule has 3 N–H and O–H groups in total. The van der Waals surface area contributed by atoms with Crippen molar-refractivity contribution in [2.45, 2.75) is 53.2 Å². The van der Waals surface area contributed by atoms with Crippen molar-refractivity contribution in [2.24, 2.45) is 5.41 Å². The van der Waals surface area contributed by atoms with Crippen molar-refractivity contribution in [3.63, 3.8) is 0 Å². The van der Waals surface area contributed by atoms with Crippen LogP contribution in [0.2, 0.25) is 0 Å². The van der Waals surface area contributed by atoms with Crippen molar-refractivity contribution in [1.82, 2.24) is 20.1 Å². The van der Waals surface area contributed by atoms with Gasteiger partial charge < -0.3 is 10.4 Å². The van der Waals surface area contributed by atoms with Gasteiger partial charge >= 0.3 is 0 Å². The Kier molecular flexibility index (Phi) is 5.88. The summed E-state index contributed by atoms with van der Waals surface area (Å²) in [6.45, 7) is 8.18. The van der Waals surface area contributed by atoms with E-state index in [9.17, 15) is 9.90 Å². The number of aromatic amines is 1. The maximum Gasteiger partial charge on any atom is 0.240 e. The molecule has 0 radical (unpaired) electrons. The summed E-state index contributed by atoms with van der Waals surface area (Å²) >= 11 is 5.12. The zero-order chi connectivity index (χ0) is 15.3. The molecular weight excluding hydrogens is 276 g/mol. The van der Waals surface area contributed by atoms with Crippen LogP contribution in [0.15, 0.2) is 0 Å². The number of rotatable bonds is 6. The first-order chi connectivity index (χ1) is 9.25. The largest absolute Gasteiger partial charge is 0.391 e. The highest BCUT2D eigenvalue weighted by Crippen LogP contribution is 2.18. The molecule has 0 saturated carbocycles. The van der Waals surface area contributed by atoms with Gasteiger partial charge in [-0.15, -0.1) is 0 Å². The predicted molar refractivity (Wildman–Crippen MR) is 79.9 cm³/mol. The maximum atomic E-state index is 11.9. The summed E-state index contributed by atoms with van der Waals surface area (Å²) in [4.78, 5) is 11.9. The second-order valence-corrected chi connectivity index (χ2v) is 6.35. The average Bonchev–Trinajstić information content (AvgIpc) is 2.68. The summed E-state index contributed by atoms with van der Waals surface area (Å²) in [7, 11) is 0. The minimum absolute atomic E-state index is 0.127. The number of amides is 1. The number of nitrogens with zero attached hydrogens (tertiary/aromatic N) is 2. The first kappa shape index (κ1) is 16.8. The lowest BCUT2D eigenvalue weighted by Gasteiger charge is -2.25. The van der Waals surface area contributed by atoms with Crippen molar-refractivity contribution >= 4 is 18.1 Å². The smallest absolute Gasteiger partial charge is 0.240 e. The van der Waals surface area contributed by atoms with Gasteiger partial charge in [0, 0.05) is 13.0 Å². The fraction of sp³-hybridized carbons (Fsp3) is 0.769. The highest BCUT2D eigenvalue weighted by Gasteiger charge is 2.22. The van der Waals surface area contributed by atoms with Crippen LogP contribution in [0.3, 0.4) is 0 Å². The third kappa shape index (κ3) is 4.72. The number of carbonyl (C=O) groups is 1. The van der Waals surface area contributed by atoms with Gasteiger partial charge in [-0.05, 0) is 24.1 Å². The van der Waals surface area contributed by atoms with Crippen LogP contribution in [0.1, 0.15) is 39.9 Å². The van der Waals surface area contributed by atoms with Crippen LogP contribution in [0.5, 0.6) is 0 Å². The molecule has 1 aromatic rings. The van der Waals surface area contributed by atoms with Gasteiger partial charge in [-0.1, -0.05) is 27.7 Å². The van der Waals surface area contributed by atoms with Gasteiger partial charge in [0.05, 0.1) is 6.10 Å². The lowest BCUT2D eigenvalue weighted by Crippen LogP contribution is -2.40. The molecule has 1 heterocycles. The summed E-state index contributed by atoms with van der Waals surface area (Å²) in [6, 6.07) is 0. The van der Waals surface area contributed by atoms with Gasteiger partial charge in [0.2, 0.25) is 5.91 Å². The molecule has 0 unspecified atom stereocenters. The number of aryl methyl sites for hydroxylation is 1. The minimum atomic E-state index is -0.584. The lowest BCUT2D eigenvalue weighted by atomic mass is 9.89. The van der Waals surface area contributed by atoms with Crippen molar-refractivity contribution in [2.75, 3.05) is 6.54 Å². The quantitative estimate of drug-likeness (QED) is 0.694. The number of aliphatic hydroxyl groups is 1. The Morgan fingerprint density at radius 2 is 2.20 bits per heavy atom. The molecule has 0 spiro atoms. The molecule has 0 aliphatic rings. The fourth-order valence-corrected chi connectivity index (χ4v) is 1.86. The first-order valence-electron chi connectivity index (χ1n) is 6.84. The topological polar surface area (TPSA) is 82.9 Å². The molecule has 0 aliphatic heterocycles. The lowest BCUT2D eigenvalue weighted by molar-refractivity contribution is -0.122. The molecule has 6 nitrogen and oxygen atoms in total. The molecule has 0 aromatic carbocycles. The van der Waals surface area contributed by atoms with Gasteiger partial charge in [-0.3, -0.25) is 14.5 Å². The van der Waals surface area contributed by atoms with Crippen LogP contribution in [0.4, 0.5) is 0 Å². The number of hydrogen-bond donors (Lipinski definition) is 3. The predicted octanol–water partition coefficient (Wildman–Crippen LogP) is 1.42. The van der Waals surface area contributed by atoms with E-state index >= 15 is 0 Å². The number of carbonyl (C=O) groups excluding carboxylic acids is 1. The van der Waals surface area contributed by atoms with Crippen LogP contribution in [-0.4, -0.2) is 38.4 Å². The van der Waals surface area contributed by atoms with E-state index in [1.54, 1.807) is 4.57 Å². The Hall–Kier alpha value is -1.21. The van der Waals surface area contributed by atoms with E-state index < -0.39 is 6.10 Å². The number of H-pyrrole nitrogens is 1. The van der Waals surface area contributed by atoms with Crippen LogP contribution in [0.25, 0.3) is 0 Å². The zero-order valence-corrected chi connectivity index (χ0v) is 13.4. The van der Waals surface area contributed by atoms with Gasteiger partial charge in [0.25, 0.3) is 0 Å². The molecule has 0 aliphatic carbocycles. The molecule has 0 bridgehead atoms. The second-order valence-electron chi connectivity index (χ2n) is 5.97. The van der Waals surface area contributed by atoms with Crippen molar-refractivity contribution < 1.29 is 9.90 Å². The SMILES string of the molecule is CCCc1n[nH]c(=S)n1CC(=O)NC[C@@H](O)C(C)(C)C. The number of aliphatic hydroxyl groups excluding tert-OH is 1. The number of nitrogens with one attached hydrogen (secondary N) is 2. The van der Waals surface area contributed by atoms with E-state index in [0.29, 0.717) is 4.77 Å². The third-order valence-corrected chi connectivity index (χ3v) is 3.42. The fourth-order valence-electron chi connectivity index (χ4n) is 1.64. The number of hydrogen-bond acceptors (Lipinski definition) is 4. The van der Waals surface area contributed by atoms with Crippen LogP contribution < -0.4 is 5.32 Å². The van der Waals surface area contributed by atoms with E-state index in [4.69, 9.17) is 12.2 Å². The van der Waals surface area contributed by atoms with Crippen LogP contribution in [-0.2, 0) is 17.8 Å². The van der Waals surface area contributed by atoms with E-state index in [-0.39, 0.29) is 24.4 Å². The highest BCUT2D eigenvalue weighted by molar-refractivity contribution is 7.71.